The Kier molecular flexibility index (Phi) is 5.82. The minimum atomic E-state index is -0.811. The fourth-order valence-corrected chi connectivity index (χ4v) is 2.84. The van der Waals surface area contributed by atoms with Crippen LogP contribution in [-0.4, -0.2) is 34.8 Å². The van der Waals surface area contributed by atoms with Crippen molar-refractivity contribution in [2.24, 2.45) is 0 Å². The average molecular weight is 359 g/mol. The molecule has 0 spiro atoms. The molecule has 2 rings (SSSR count). The number of aromatic hydroxyl groups is 1. The van der Waals surface area contributed by atoms with Crippen molar-refractivity contribution in [2.75, 3.05) is 13.2 Å². The summed E-state index contributed by atoms with van der Waals surface area (Å²) in [6.07, 6.45) is 0. The number of phenolic OH excluding ortho intramolecular Hbond substituents is 1. The Morgan fingerprint density at radius 3 is 1.92 bits per heavy atom. The van der Waals surface area contributed by atoms with E-state index < -0.39 is 17.4 Å². The van der Waals surface area contributed by atoms with E-state index in [-0.39, 0.29) is 30.1 Å². The third-order valence-corrected chi connectivity index (χ3v) is 3.90. The maximum Gasteiger partial charge on any atom is 0.343 e. The highest BCUT2D eigenvalue weighted by Crippen LogP contribution is 2.22. The van der Waals surface area contributed by atoms with Gasteiger partial charge in [0.25, 0.3) is 0 Å². The molecule has 26 heavy (non-hydrogen) atoms. The molecule has 0 radical (unpaired) electrons. The molecule has 0 saturated heterocycles. The highest BCUT2D eigenvalue weighted by atomic mass is 16.5. The maximum atomic E-state index is 12.8. The van der Waals surface area contributed by atoms with Gasteiger partial charge in [-0.2, -0.15) is 0 Å². The minimum absolute atomic E-state index is 0.00960. The number of esters is 2. The predicted molar refractivity (Wildman–Crippen MR) is 95.1 cm³/mol. The Morgan fingerprint density at radius 2 is 1.50 bits per heavy atom. The molecule has 1 N–H and O–H groups in total. The normalized spacial score (nSPS) is 10.5. The maximum absolute atomic E-state index is 12.8. The van der Waals surface area contributed by atoms with Crippen LogP contribution in [0.25, 0.3) is 5.69 Å². The van der Waals surface area contributed by atoms with Crippen molar-refractivity contribution >= 4 is 11.9 Å². The molecule has 0 bridgehead atoms. The number of phenols is 1. The first-order valence-corrected chi connectivity index (χ1v) is 8.23. The Morgan fingerprint density at radius 1 is 1.00 bits per heavy atom. The number of hydrogen-bond acceptors (Lipinski definition) is 6. The van der Waals surface area contributed by atoms with Gasteiger partial charge in [-0.25, -0.2) is 9.59 Å². The molecule has 0 atom stereocenters. The van der Waals surface area contributed by atoms with Crippen LogP contribution in [-0.2, 0) is 9.47 Å². The van der Waals surface area contributed by atoms with E-state index in [0.717, 1.165) is 0 Å². The molecule has 0 aliphatic heterocycles. The van der Waals surface area contributed by atoms with E-state index in [9.17, 15) is 19.5 Å². The first kappa shape index (κ1) is 19.2. The SMILES string of the molecule is CCOC(=O)c1c(C)n(-c2cccc(O)c2)c(C)c(C(=O)OCC)c1=O. The lowest BCUT2D eigenvalue weighted by Gasteiger charge is -2.20. The van der Waals surface area contributed by atoms with Crippen molar-refractivity contribution in [3.8, 4) is 11.4 Å². The van der Waals surface area contributed by atoms with E-state index in [1.807, 2.05) is 0 Å². The highest BCUT2D eigenvalue weighted by Gasteiger charge is 2.27. The van der Waals surface area contributed by atoms with Gasteiger partial charge in [0.15, 0.2) is 0 Å². The third kappa shape index (κ3) is 3.46. The number of aromatic nitrogens is 1. The van der Waals surface area contributed by atoms with E-state index in [1.165, 1.54) is 12.1 Å². The second-order valence-electron chi connectivity index (χ2n) is 5.55. The summed E-state index contributed by atoms with van der Waals surface area (Å²) < 4.78 is 11.5. The molecule has 0 saturated carbocycles. The lowest BCUT2D eigenvalue weighted by molar-refractivity contribution is 0.0519. The van der Waals surface area contributed by atoms with Crippen molar-refractivity contribution in [1.82, 2.24) is 4.57 Å². The highest BCUT2D eigenvalue weighted by molar-refractivity contribution is 5.96. The Labute approximate surface area is 150 Å². The van der Waals surface area contributed by atoms with E-state index >= 15 is 0 Å². The van der Waals surface area contributed by atoms with Crippen molar-refractivity contribution in [3.05, 3.63) is 57.0 Å². The molecule has 7 heteroatoms. The smallest absolute Gasteiger partial charge is 0.343 e. The summed E-state index contributed by atoms with van der Waals surface area (Å²) in [5, 5.41) is 9.78. The van der Waals surface area contributed by atoms with Crippen molar-refractivity contribution in [2.45, 2.75) is 27.7 Å². The van der Waals surface area contributed by atoms with Gasteiger partial charge in [-0.05, 0) is 39.8 Å². The van der Waals surface area contributed by atoms with Crippen LogP contribution in [0.3, 0.4) is 0 Å². The molecule has 1 aromatic carbocycles. The number of ether oxygens (including phenoxy) is 2. The van der Waals surface area contributed by atoms with Gasteiger partial charge in [-0.1, -0.05) is 6.07 Å². The van der Waals surface area contributed by atoms with Gasteiger partial charge in [-0.3, -0.25) is 4.79 Å². The largest absolute Gasteiger partial charge is 0.508 e. The number of rotatable bonds is 5. The van der Waals surface area contributed by atoms with Gasteiger partial charge in [0.05, 0.1) is 13.2 Å². The first-order chi connectivity index (χ1) is 12.3. The second kappa shape index (κ2) is 7.86. The number of carbonyl (C=O) groups excluding carboxylic acids is 2. The molecule has 1 aromatic heterocycles. The number of carbonyl (C=O) groups is 2. The zero-order chi connectivity index (χ0) is 19.4. The molecule has 2 aromatic rings. The van der Waals surface area contributed by atoms with Gasteiger partial charge < -0.3 is 19.1 Å². The van der Waals surface area contributed by atoms with Gasteiger partial charge in [0.1, 0.15) is 16.9 Å². The molecule has 7 nitrogen and oxygen atoms in total. The summed E-state index contributed by atoms with van der Waals surface area (Å²) in [6, 6.07) is 6.27. The average Bonchev–Trinajstić information content (AvgIpc) is 2.55. The lowest BCUT2D eigenvalue weighted by Crippen LogP contribution is -2.31. The minimum Gasteiger partial charge on any atom is -0.508 e. The van der Waals surface area contributed by atoms with Gasteiger partial charge in [0.2, 0.25) is 5.43 Å². The molecule has 0 fully saturated rings. The van der Waals surface area contributed by atoms with Crippen molar-refractivity contribution in [3.63, 3.8) is 0 Å². The van der Waals surface area contributed by atoms with Crippen LogP contribution in [0.1, 0.15) is 46.0 Å². The van der Waals surface area contributed by atoms with Crippen LogP contribution in [0.2, 0.25) is 0 Å². The van der Waals surface area contributed by atoms with Crippen LogP contribution in [0, 0.1) is 13.8 Å². The van der Waals surface area contributed by atoms with Gasteiger partial charge in [-0.15, -0.1) is 0 Å². The summed E-state index contributed by atoms with van der Waals surface area (Å²) in [5.74, 6) is -1.61. The standard InChI is InChI=1S/C19H21NO6/c1-5-25-18(23)15-11(3)20(13-8-7-9-14(21)10-13)12(4)16(17(15)22)19(24)26-6-2/h7-10,21H,5-6H2,1-4H3. The third-order valence-electron chi connectivity index (χ3n) is 3.90. The molecule has 138 valence electrons. The lowest BCUT2D eigenvalue weighted by atomic mass is 10.0. The van der Waals surface area contributed by atoms with Crippen molar-refractivity contribution < 1.29 is 24.2 Å². The van der Waals surface area contributed by atoms with Gasteiger partial charge in [0, 0.05) is 23.1 Å². The van der Waals surface area contributed by atoms with Crippen LogP contribution in [0.15, 0.2) is 29.1 Å². The monoisotopic (exact) mass is 359 g/mol. The molecule has 0 aliphatic carbocycles. The Bertz CT molecular complexity index is 865. The zero-order valence-electron chi connectivity index (χ0n) is 15.2. The molecule has 0 unspecified atom stereocenters. The molecule has 1 heterocycles. The quantitative estimate of drug-likeness (QED) is 0.824. The number of hydrogen-bond donors (Lipinski definition) is 1. The predicted octanol–water partition coefficient (Wildman–Crippen LogP) is 2.51. The van der Waals surface area contributed by atoms with E-state index in [4.69, 9.17) is 9.47 Å². The topological polar surface area (TPSA) is 94.8 Å². The Hall–Kier alpha value is -3.09. The van der Waals surface area contributed by atoms with E-state index in [1.54, 1.807) is 44.4 Å². The summed E-state index contributed by atoms with van der Waals surface area (Å²) in [7, 11) is 0. The molecule has 0 amide bonds. The van der Waals surface area contributed by atoms with E-state index in [0.29, 0.717) is 17.1 Å². The molecular formula is C19H21NO6. The fourth-order valence-electron chi connectivity index (χ4n) is 2.84. The Balaban J connectivity index is 2.89. The summed E-state index contributed by atoms with van der Waals surface area (Å²) in [6.45, 7) is 6.60. The summed E-state index contributed by atoms with van der Waals surface area (Å²) in [4.78, 5) is 37.5. The number of nitrogens with zero attached hydrogens (tertiary/aromatic N) is 1. The second-order valence-corrected chi connectivity index (χ2v) is 5.55. The van der Waals surface area contributed by atoms with Crippen LogP contribution in [0.5, 0.6) is 5.75 Å². The summed E-state index contributed by atoms with van der Waals surface area (Å²) in [5.41, 5.74) is -0.0775. The number of benzene rings is 1. The van der Waals surface area contributed by atoms with Gasteiger partial charge >= 0.3 is 11.9 Å². The zero-order valence-corrected chi connectivity index (χ0v) is 15.2. The number of pyridine rings is 1. The first-order valence-electron chi connectivity index (χ1n) is 8.23. The molecular weight excluding hydrogens is 338 g/mol. The summed E-state index contributed by atoms with van der Waals surface area (Å²) >= 11 is 0. The van der Waals surface area contributed by atoms with Crippen molar-refractivity contribution in [1.29, 1.82) is 0 Å². The van der Waals surface area contributed by atoms with Crippen LogP contribution >= 0.6 is 0 Å². The van der Waals surface area contributed by atoms with E-state index in [2.05, 4.69) is 0 Å². The van der Waals surface area contributed by atoms with Crippen LogP contribution in [0.4, 0.5) is 0 Å². The molecule has 0 aliphatic rings. The van der Waals surface area contributed by atoms with Crippen LogP contribution < -0.4 is 5.43 Å². The fraction of sp³-hybridized carbons (Fsp3) is 0.316.